The number of carbonyl (C=O) groups excluding carboxylic acids is 1. The van der Waals surface area contributed by atoms with Gasteiger partial charge in [0.2, 0.25) is 0 Å². The van der Waals surface area contributed by atoms with Gasteiger partial charge >= 0.3 is 6.03 Å². The number of carbonyl (C=O) groups is 1. The molecule has 2 rings (SSSR count). The molecule has 0 heterocycles. The van der Waals surface area contributed by atoms with E-state index in [9.17, 15) is 9.90 Å². The summed E-state index contributed by atoms with van der Waals surface area (Å²) in [6, 6.07) is 18.6. The summed E-state index contributed by atoms with van der Waals surface area (Å²) in [7, 11) is 0. The van der Waals surface area contributed by atoms with Crippen molar-refractivity contribution in [3.05, 3.63) is 71.8 Å². The molecule has 0 radical (unpaired) electrons. The van der Waals surface area contributed by atoms with E-state index in [1.165, 1.54) is 0 Å². The van der Waals surface area contributed by atoms with Crippen molar-refractivity contribution in [3.63, 3.8) is 0 Å². The van der Waals surface area contributed by atoms with E-state index in [-0.39, 0.29) is 18.6 Å². The van der Waals surface area contributed by atoms with Gasteiger partial charge in [0.1, 0.15) is 0 Å². The second kappa shape index (κ2) is 9.39. The lowest BCUT2D eigenvalue weighted by atomic mass is 10.0. The Kier molecular flexibility index (Phi) is 6.88. The van der Waals surface area contributed by atoms with E-state index in [2.05, 4.69) is 22.5 Å². The maximum Gasteiger partial charge on any atom is 0.315 e. The van der Waals surface area contributed by atoms with Gasteiger partial charge in [-0.1, -0.05) is 60.4 Å². The fraction of sp³-hybridized carbons (Fsp3) is 0.250. The minimum Gasteiger partial charge on any atom is -0.388 e. The summed E-state index contributed by atoms with van der Waals surface area (Å²) in [5.41, 5.74) is 1.76. The molecule has 2 aromatic carbocycles. The number of benzene rings is 2. The Labute approximate surface area is 142 Å². The molecule has 0 fully saturated rings. The molecule has 0 saturated carbocycles. The molecule has 124 valence electrons. The summed E-state index contributed by atoms with van der Waals surface area (Å²) in [5, 5.41) is 15.6. The SMILES string of the molecule is C[C@@H](C[C@H](O)c1ccccc1)NC(=O)NCC#Cc1ccccc1. The minimum absolute atomic E-state index is 0.151. The first-order valence-electron chi connectivity index (χ1n) is 7.96. The third-order valence-electron chi connectivity index (χ3n) is 3.48. The Morgan fingerprint density at radius 2 is 1.71 bits per heavy atom. The van der Waals surface area contributed by atoms with Gasteiger partial charge in [-0.25, -0.2) is 4.79 Å². The molecule has 4 heteroatoms. The summed E-state index contributed by atoms with van der Waals surface area (Å²) < 4.78 is 0. The van der Waals surface area contributed by atoms with Crippen LogP contribution in [0.5, 0.6) is 0 Å². The lowest BCUT2D eigenvalue weighted by Crippen LogP contribution is -2.41. The summed E-state index contributed by atoms with van der Waals surface area (Å²) in [6.07, 6.45) is -0.146. The van der Waals surface area contributed by atoms with Crippen LogP contribution < -0.4 is 10.6 Å². The molecule has 4 nitrogen and oxygen atoms in total. The second-order valence-electron chi connectivity index (χ2n) is 5.56. The van der Waals surface area contributed by atoms with Gasteiger partial charge in [0.25, 0.3) is 0 Å². The average molecular weight is 322 g/mol. The zero-order valence-corrected chi connectivity index (χ0v) is 13.7. The van der Waals surface area contributed by atoms with Crippen LogP contribution in [-0.2, 0) is 0 Å². The van der Waals surface area contributed by atoms with E-state index in [0.29, 0.717) is 6.42 Å². The van der Waals surface area contributed by atoms with E-state index in [1.807, 2.05) is 67.6 Å². The van der Waals surface area contributed by atoms with E-state index in [0.717, 1.165) is 11.1 Å². The Bertz CT molecular complexity index is 690. The molecule has 0 aliphatic rings. The highest BCUT2D eigenvalue weighted by Gasteiger charge is 2.13. The van der Waals surface area contributed by atoms with Gasteiger partial charge in [-0.2, -0.15) is 0 Å². The van der Waals surface area contributed by atoms with Crippen molar-refractivity contribution >= 4 is 6.03 Å². The van der Waals surface area contributed by atoms with Crippen LogP contribution in [-0.4, -0.2) is 23.7 Å². The molecule has 0 saturated heterocycles. The molecular weight excluding hydrogens is 300 g/mol. The molecule has 0 unspecified atom stereocenters. The normalized spacial score (nSPS) is 12.4. The summed E-state index contributed by atoms with van der Waals surface area (Å²) in [4.78, 5) is 11.8. The maximum absolute atomic E-state index is 11.8. The molecule has 2 amide bonds. The zero-order chi connectivity index (χ0) is 17.2. The minimum atomic E-state index is -0.598. The van der Waals surface area contributed by atoms with Crippen molar-refractivity contribution in [1.29, 1.82) is 0 Å². The van der Waals surface area contributed by atoms with Crippen molar-refractivity contribution in [1.82, 2.24) is 10.6 Å². The van der Waals surface area contributed by atoms with Crippen molar-refractivity contribution in [3.8, 4) is 11.8 Å². The van der Waals surface area contributed by atoms with E-state index < -0.39 is 6.10 Å². The fourth-order valence-corrected chi connectivity index (χ4v) is 2.27. The van der Waals surface area contributed by atoms with E-state index in [4.69, 9.17) is 0 Å². The van der Waals surface area contributed by atoms with Gasteiger partial charge in [0.15, 0.2) is 0 Å². The van der Waals surface area contributed by atoms with Gasteiger partial charge < -0.3 is 15.7 Å². The van der Waals surface area contributed by atoms with Crippen LogP contribution >= 0.6 is 0 Å². The molecule has 0 bridgehead atoms. The van der Waals surface area contributed by atoms with Crippen molar-refractivity contribution in [2.75, 3.05) is 6.54 Å². The molecule has 0 spiro atoms. The number of aliphatic hydroxyl groups is 1. The number of aliphatic hydroxyl groups excluding tert-OH is 1. The Balaban J connectivity index is 1.71. The fourth-order valence-electron chi connectivity index (χ4n) is 2.27. The maximum atomic E-state index is 11.8. The second-order valence-corrected chi connectivity index (χ2v) is 5.56. The number of hydrogen-bond acceptors (Lipinski definition) is 2. The molecule has 2 aromatic rings. The first kappa shape index (κ1) is 17.6. The molecule has 0 aliphatic heterocycles. The van der Waals surface area contributed by atoms with Crippen LogP contribution in [0.25, 0.3) is 0 Å². The van der Waals surface area contributed by atoms with Crippen LogP contribution in [0, 0.1) is 11.8 Å². The van der Waals surface area contributed by atoms with Gasteiger partial charge in [-0.3, -0.25) is 0 Å². The number of hydrogen-bond donors (Lipinski definition) is 3. The van der Waals surface area contributed by atoms with E-state index in [1.54, 1.807) is 0 Å². The van der Waals surface area contributed by atoms with Gasteiger partial charge in [-0.15, -0.1) is 0 Å². The number of nitrogens with one attached hydrogen (secondary N) is 2. The van der Waals surface area contributed by atoms with Gasteiger partial charge in [-0.05, 0) is 31.0 Å². The van der Waals surface area contributed by atoms with E-state index >= 15 is 0 Å². The highest BCUT2D eigenvalue weighted by atomic mass is 16.3. The molecule has 24 heavy (non-hydrogen) atoms. The quantitative estimate of drug-likeness (QED) is 0.741. The number of rotatable bonds is 5. The Hall–Kier alpha value is -2.77. The monoisotopic (exact) mass is 322 g/mol. The predicted molar refractivity (Wildman–Crippen MR) is 95.3 cm³/mol. The largest absolute Gasteiger partial charge is 0.388 e. The highest BCUT2D eigenvalue weighted by Crippen LogP contribution is 2.17. The van der Waals surface area contributed by atoms with Crippen molar-refractivity contribution < 1.29 is 9.90 Å². The number of urea groups is 1. The molecular formula is C20H22N2O2. The zero-order valence-electron chi connectivity index (χ0n) is 13.7. The first-order valence-corrected chi connectivity index (χ1v) is 7.96. The van der Waals surface area contributed by atoms with Crippen molar-refractivity contribution in [2.24, 2.45) is 0 Å². The summed E-state index contributed by atoms with van der Waals surface area (Å²) in [5.74, 6) is 5.88. The first-order chi connectivity index (χ1) is 11.6. The topological polar surface area (TPSA) is 61.4 Å². The smallest absolute Gasteiger partial charge is 0.315 e. The Morgan fingerprint density at radius 1 is 1.08 bits per heavy atom. The average Bonchev–Trinajstić information content (AvgIpc) is 2.60. The van der Waals surface area contributed by atoms with Crippen LogP contribution in [0.3, 0.4) is 0 Å². The number of amides is 2. The summed E-state index contributed by atoms with van der Waals surface area (Å²) in [6.45, 7) is 2.13. The summed E-state index contributed by atoms with van der Waals surface area (Å²) >= 11 is 0. The molecule has 3 N–H and O–H groups in total. The van der Waals surface area contributed by atoms with Gasteiger partial charge in [0, 0.05) is 11.6 Å². The van der Waals surface area contributed by atoms with Crippen LogP contribution in [0.2, 0.25) is 0 Å². The van der Waals surface area contributed by atoms with Crippen LogP contribution in [0.4, 0.5) is 4.79 Å². The van der Waals surface area contributed by atoms with Crippen molar-refractivity contribution in [2.45, 2.75) is 25.5 Å². The van der Waals surface area contributed by atoms with Crippen LogP contribution in [0.15, 0.2) is 60.7 Å². The van der Waals surface area contributed by atoms with Gasteiger partial charge in [0.05, 0.1) is 12.6 Å². The van der Waals surface area contributed by atoms with Crippen LogP contribution in [0.1, 0.15) is 30.6 Å². The molecule has 0 aliphatic carbocycles. The standard InChI is InChI=1S/C20H22N2O2/c1-16(15-19(23)18-12-6-3-7-13-18)22-20(24)21-14-8-11-17-9-4-2-5-10-17/h2-7,9-10,12-13,16,19,23H,14-15H2,1H3,(H2,21,22,24)/t16-,19-/m0/s1. The molecule has 2 atom stereocenters. The third kappa shape index (κ3) is 6.15. The molecule has 0 aromatic heterocycles. The lowest BCUT2D eigenvalue weighted by molar-refractivity contribution is 0.154. The lowest BCUT2D eigenvalue weighted by Gasteiger charge is -2.18. The third-order valence-corrected chi connectivity index (χ3v) is 3.48. The predicted octanol–water partition coefficient (Wildman–Crippen LogP) is 2.85. The Morgan fingerprint density at radius 3 is 2.38 bits per heavy atom. The highest BCUT2D eigenvalue weighted by molar-refractivity contribution is 5.74.